The van der Waals surface area contributed by atoms with E-state index in [2.05, 4.69) is 5.32 Å². The number of aliphatic hydroxyl groups is 1. The van der Waals surface area contributed by atoms with Gasteiger partial charge in [0, 0.05) is 10.4 Å². The number of rotatable bonds is 4. The molecule has 2 aromatic rings. The Morgan fingerprint density at radius 3 is 2.68 bits per heavy atom. The van der Waals surface area contributed by atoms with Crippen LogP contribution in [-0.2, 0) is 5.60 Å². The van der Waals surface area contributed by atoms with Gasteiger partial charge >= 0.3 is 0 Å². The van der Waals surface area contributed by atoms with Gasteiger partial charge in [-0.25, -0.2) is 0 Å². The zero-order valence-electron chi connectivity index (χ0n) is 11.0. The molecule has 1 aromatic carbocycles. The Morgan fingerprint density at radius 2 is 2.05 bits per heavy atom. The molecule has 4 heteroatoms. The van der Waals surface area contributed by atoms with Crippen molar-refractivity contribution in [1.29, 1.82) is 0 Å². The third-order valence-electron chi connectivity index (χ3n) is 3.03. The Morgan fingerprint density at radius 1 is 1.32 bits per heavy atom. The van der Waals surface area contributed by atoms with E-state index in [1.165, 1.54) is 11.3 Å². The van der Waals surface area contributed by atoms with Gasteiger partial charge in [-0.3, -0.25) is 4.79 Å². The van der Waals surface area contributed by atoms with Gasteiger partial charge in [0.25, 0.3) is 5.91 Å². The van der Waals surface area contributed by atoms with Crippen LogP contribution in [0.15, 0.2) is 41.8 Å². The summed E-state index contributed by atoms with van der Waals surface area (Å²) in [5.41, 5.74) is 0.534. The van der Waals surface area contributed by atoms with Crippen molar-refractivity contribution in [3.05, 3.63) is 57.8 Å². The second-order valence-electron chi connectivity index (χ2n) is 4.75. The summed E-state index contributed by atoms with van der Waals surface area (Å²) >= 11 is 1.48. The Hall–Kier alpha value is -1.65. The number of aryl methyl sites for hydroxylation is 1. The fourth-order valence-corrected chi connectivity index (χ4v) is 2.63. The molecule has 0 saturated carbocycles. The van der Waals surface area contributed by atoms with Gasteiger partial charge in [0.15, 0.2) is 0 Å². The number of carbonyl (C=O) groups excluding carboxylic acids is 1. The molecule has 3 nitrogen and oxygen atoms in total. The lowest BCUT2D eigenvalue weighted by Gasteiger charge is -2.22. The Kier molecular flexibility index (Phi) is 4.02. The first kappa shape index (κ1) is 13.8. The van der Waals surface area contributed by atoms with Gasteiger partial charge in [-0.1, -0.05) is 24.3 Å². The lowest BCUT2D eigenvalue weighted by atomic mass is 10.0. The molecule has 100 valence electrons. The highest BCUT2D eigenvalue weighted by Gasteiger charge is 2.25. The molecule has 2 N–H and O–H groups in total. The molecular weight excluding hydrogens is 258 g/mol. The van der Waals surface area contributed by atoms with Crippen molar-refractivity contribution in [2.24, 2.45) is 0 Å². The van der Waals surface area contributed by atoms with Gasteiger partial charge in [-0.15, -0.1) is 11.3 Å². The molecule has 1 atom stereocenters. The van der Waals surface area contributed by atoms with E-state index in [0.29, 0.717) is 5.56 Å². The molecule has 19 heavy (non-hydrogen) atoms. The fraction of sp³-hybridized carbons (Fsp3) is 0.267. The van der Waals surface area contributed by atoms with E-state index in [9.17, 15) is 9.90 Å². The largest absolute Gasteiger partial charge is 0.383 e. The monoisotopic (exact) mass is 275 g/mol. The molecule has 0 aliphatic carbocycles. The lowest BCUT2D eigenvalue weighted by molar-refractivity contribution is 0.0556. The predicted octanol–water partition coefficient (Wildman–Crippen LogP) is 2.69. The Labute approximate surface area is 116 Å². The zero-order chi connectivity index (χ0) is 13.9. The molecule has 1 aromatic heterocycles. The summed E-state index contributed by atoms with van der Waals surface area (Å²) in [6.45, 7) is 3.80. The van der Waals surface area contributed by atoms with Crippen LogP contribution in [0.4, 0.5) is 0 Å². The van der Waals surface area contributed by atoms with E-state index >= 15 is 0 Å². The van der Waals surface area contributed by atoms with Gasteiger partial charge in [0.1, 0.15) is 5.60 Å². The van der Waals surface area contributed by atoms with Crippen LogP contribution in [0.3, 0.4) is 0 Å². The summed E-state index contributed by atoms with van der Waals surface area (Å²) in [5, 5.41) is 15.0. The second kappa shape index (κ2) is 5.55. The lowest BCUT2D eigenvalue weighted by Crippen LogP contribution is -2.38. The highest BCUT2D eigenvalue weighted by atomic mass is 32.1. The number of hydrogen-bond donors (Lipinski definition) is 2. The average Bonchev–Trinajstić information content (AvgIpc) is 2.91. The van der Waals surface area contributed by atoms with Gasteiger partial charge in [-0.2, -0.15) is 0 Å². The highest BCUT2D eigenvalue weighted by molar-refractivity contribution is 7.10. The number of amides is 1. The fourth-order valence-electron chi connectivity index (χ4n) is 1.85. The minimum Gasteiger partial charge on any atom is -0.383 e. The van der Waals surface area contributed by atoms with E-state index < -0.39 is 5.60 Å². The topological polar surface area (TPSA) is 49.3 Å². The van der Waals surface area contributed by atoms with Crippen molar-refractivity contribution in [1.82, 2.24) is 5.32 Å². The van der Waals surface area contributed by atoms with Crippen molar-refractivity contribution in [3.8, 4) is 0 Å². The highest BCUT2D eigenvalue weighted by Crippen LogP contribution is 2.24. The van der Waals surface area contributed by atoms with Crippen molar-refractivity contribution < 1.29 is 9.90 Å². The molecule has 1 amide bonds. The Bertz CT molecular complexity index is 561. The molecule has 0 fully saturated rings. The van der Waals surface area contributed by atoms with E-state index in [1.807, 2.05) is 42.6 Å². The van der Waals surface area contributed by atoms with Crippen molar-refractivity contribution in [2.45, 2.75) is 19.4 Å². The van der Waals surface area contributed by atoms with E-state index in [-0.39, 0.29) is 12.5 Å². The summed E-state index contributed by atoms with van der Waals surface area (Å²) in [5.74, 6) is -0.157. The van der Waals surface area contributed by atoms with E-state index in [4.69, 9.17) is 0 Å². The number of benzene rings is 1. The first-order chi connectivity index (χ1) is 9.00. The molecule has 0 radical (unpaired) electrons. The molecule has 1 unspecified atom stereocenters. The summed E-state index contributed by atoms with van der Waals surface area (Å²) in [4.78, 5) is 12.9. The maximum atomic E-state index is 12.1. The Balaban J connectivity index is 2.03. The van der Waals surface area contributed by atoms with Crippen LogP contribution in [0.25, 0.3) is 0 Å². The molecule has 1 heterocycles. The van der Waals surface area contributed by atoms with Crippen molar-refractivity contribution in [3.63, 3.8) is 0 Å². The number of hydrogen-bond acceptors (Lipinski definition) is 3. The summed E-state index contributed by atoms with van der Waals surface area (Å²) in [7, 11) is 0. The van der Waals surface area contributed by atoms with Crippen LogP contribution < -0.4 is 5.32 Å². The third kappa shape index (κ3) is 3.22. The first-order valence-electron chi connectivity index (χ1n) is 6.11. The standard InChI is InChI=1S/C15H17NO2S/c1-11-6-3-4-7-12(11)14(17)16-10-15(2,18)13-8-5-9-19-13/h3-9,18H,10H2,1-2H3,(H,16,17). The average molecular weight is 275 g/mol. The van der Waals surface area contributed by atoms with Gasteiger partial charge < -0.3 is 10.4 Å². The van der Waals surface area contributed by atoms with E-state index in [1.54, 1.807) is 13.0 Å². The van der Waals surface area contributed by atoms with Gasteiger partial charge in [-0.05, 0) is 36.9 Å². The van der Waals surface area contributed by atoms with Crippen LogP contribution in [0.1, 0.15) is 27.7 Å². The molecular formula is C15H17NO2S. The van der Waals surface area contributed by atoms with Crippen LogP contribution >= 0.6 is 11.3 Å². The van der Waals surface area contributed by atoms with Crippen LogP contribution in [0, 0.1) is 6.92 Å². The first-order valence-corrected chi connectivity index (χ1v) is 6.99. The summed E-state index contributed by atoms with van der Waals surface area (Å²) in [6.07, 6.45) is 0. The maximum Gasteiger partial charge on any atom is 0.251 e. The molecule has 0 aliphatic rings. The minimum absolute atomic E-state index is 0.157. The molecule has 0 aliphatic heterocycles. The van der Waals surface area contributed by atoms with E-state index in [0.717, 1.165) is 10.4 Å². The maximum absolute atomic E-state index is 12.1. The smallest absolute Gasteiger partial charge is 0.251 e. The predicted molar refractivity (Wildman–Crippen MR) is 77.4 cm³/mol. The number of carbonyl (C=O) groups is 1. The molecule has 0 spiro atoms. The SMILES string of the molecule is Cc1ccccc1C(=O)NCC(C)(O)c1cccs1. The van der Waals surface area contributed by atoms with Crippen molar-refractivity contribution >= 4 is 17.2 Å². The number of thiophene rings is 1. The normalized spacial score (nSPS) is 13.8. The third-order valence-corrected chi connectivity index (χ3v) is 4.16. The summed E-state index contributed by atoms with van der Waals surface area (Å²) < 4.78 is 0. The second-order valence-corrected chi connectivity index (χ2v) is 5.70. The van der Waals surface area contributed by atoms with Crippen molar-refractivity contribution in [2.75, 3.05) is 6.54 Å². The summed E-state index contributed by atoms with van der Waals surface area (Å²) in [6, 6.07) is 11.2. The van der Waals surface area contributed by atoms with Gasteiger partial charge in [0.2, 0.25) is 0 Å². The minimum atomic E-state index is -1.04. The van der Waals surface area contributed by atoms with Crippen LogP contribution in [0.2, 0.25) is 0 Å². The van der Waals surface area contributed by atoms with Gasteiger partial charge in [0.05, 0.1) is 6.54 Å². The molecule has 2 rings (SSSR count). The molecule has 0 bridgehead atoms. The zero-order valence-corrected chi connectivity index (χ0v) is 11.8. The van der Waals surface area contributed by atoms with Crippen LogP contribution in [-0.4, -0.2) is 17.6 Å². The quantitative estimate of drug-likeness (QED) is 0.901. The number of nitrogens with one attached hydrogen (secondary N) is 1. The van der Waals surface area contributed by atoms with Crippen LogP contribution in [0.5, 0.6) is 0 Å². The molecule has 0 saturated heterocycles.